The molecule has 2 aromatic heterocycles. The minimum absolute atomic E-state index is 0.0169. The van der Waals surface area contributed by atoms with Gasteiger partial charge in [-0.3, -0.25) is 0 Å². The molecule has 0 bridgehead atoms. The summed E-state index contributed by atoms with van der Waals surface area (Å²) in [5.74, 6) is 1.72. The van der Waals surface area contributed by atoms with E-state index in [0.717, 1.165) is 95.2 Å². The van der Waals surface area contributed by atoms with Crippen molar-refractivity contribution in [2.75, 3.05) is 14.7 Å². The first-order chi connectivity index (χ1) is 40.1. The summed E-state index contributed by atoms with van der Waals surface area (Å²) in [7, 11) is 0. The average Bonchev–Trinajstić information content (AvgIpc) is 0.870. The Hall–Kier alpha value is -9.00. The molecule has 0 aliphatic carbocycles. The fourth-order valence-corrected chi connectivity index (χ4v) is 12.8. The Bertz CT molecular complexity index is 4470. The van der Waals surface area contributed by atoms with Crippen LogP contribution in [0.4, 0.5) is 51.2 Å². The van der Waals surface area contributed by atoms with E-state index in [1.165, 1.54) is 50.0 Å². The Kier molecular flexibility index (Phi) is 12.2. The third kappa shape index (κ3) is 9.18. The monoisotopic (exact) mass is 1090 g/mol. The quantitative estimate of drug-likeness (QED) is 0.149. The first kappa shape index (κ1) is 53.0. The Morgan fingerprint density at radius 1 is 0.321 bits per heavy atom. The summed E-state index contributed by atoms with van der Waals surface area (Å²) in [6.07, 6.45) is 0. The zero-order valence-corrected chi connectivity index (χ0v) is 50.5. The molecule has 414 valence electrons. The highest BCUT2D eigenvalue weighted by molar-refractivity contribution is 7.00. The van der Waals surface area contributed by atoms with Gasteiger partial charge in [-0.05, 0) is 186 Å². The van der Waals surface area contributed by atoms with Crippen LogP contribution in [0.25, 0.3) is 55.4 Å². The molecule has 0 N–H and O–H groups in total. The van der Waals surface area contributed by atoms with Crippen molar-refractivity contribution < 1.29 is 8.83 Å². The van der Waals surface area contributed by atoms with Crippen LogP contribution < -0.4 is 31.1 Å². The molecule has 0 saturated heterocycles. The average molecular weight is 1090 g/mol. The number of nitrogens with zero attached hydrogens (tertiary/aromatic N) is 3. The number of fused-ring (bicyclic) bond motifs is 7. The maximum atomic E-state index is 6.48. The number of rotatable bonds is 7. The minimum Gasteiger partial charge on any atom is -0.456 e. The molecule has 0 saturated carbocycles. The van der Waals surface area contributed by atoms with Crippen LogP contribution >= 0.6 is 0 Å². The van der Waals surface area contributed by atoms with Gasteiger partial charge in [-0.2, -0.15) is 0 Å². The lowest BCUT2D eigenvalue weighted by Gasteiger charge is -2.45. The van der Waals surface area contributed by atoms with Crippen molar-refractivity contribution in [3.63, 3.8) is 0 Å². The molecule has 4 heterocycles. The smallest absolute Gasteiger partial charge is 0.252 e. The summed E-state index contributed by atoms with van der Waals surface area (Å²) in [5, 5.41) is 4.47. The molecule has 6 heteroatoms. The lowest BCUT2D eigenvalue weighted by Crippen LogP contribution is -2.61. The molecule has 2 aliphatic heterocycles. The van der Waals surface area contributed by atoms with E-state index in [9.17, 15) is 0 Å². The molecule has 0 unspecified atom stereocenters. The van der Waals surface area contributed by atoms with Crippen LogP contribution in [0.5, 0.6) is 0 Å². The highest BCUT2D eigenvalue weighted by Gasteiger charge is 2.45. The van der Waals surface area contributed by atoms with Crippen LogP contribution in [0.2, 0.25) is 0 Å². The SMILES string of the molecule is CC(C)(C)c1ccc(N(c2cc3c4c(c2)N(c2ccc(C(C)(C)C)cc2)c2ccc(C(C)(C)C)cc2B4c2cc(C(C)(C)C)ccc2N3c2ccc(-c3cc4ccccc4o3)cc2)c2ccc3cc(-c4cc5ccccc5o4)ccc3c2)cc1. The molecular weight excluding hydrogens is 1020 g/mol. The normalized spacial score (nSPS) is 13.4. The maximum absolute atomic E-state index is 6.48. The molecule has 5 nitrogen and oxygen atoms in total. The van der Waals surface area contributed by atoms with Crippen molar-refractivity contribution in [3.05, 3.63) is 241 Å². The van der Waals surface area contributed by atoms with Crippen molar-refractivity contribution in [2.45, 2.75) is 105 Å². The Labute approximate surface area is 495 Å². The molecule has 10 aromatic carbocycles. The van der Waals surface area contributed by atoms with Gasteiger partial charge >= 0.3 is 0 Å². The molecule has 0 radical (unpaired) electrons. The minimum atomic E-state index is -0.0927. The van der Waals surface area contributed by atoms with E-state index in [1.54, 1.807) is 0 Å². The summed E-state index contributed by atoms with van der Waals surface area (Å²) >= 11 is 0. The number of anilines is 9. The summed E-state index contributed by atoms with van der Waals surface area (Å²) < 4.78 is 12.9. The van der Waals surface area contributed by atoms with Crippen molar-refractivity contribution in [2.24, 2.45) is 0 Å². The van der Waals surface area contributed by atoms with Crippen LogP contribution in [0, 0.1) is 0 Å². The largest absolute Gasteiger partial charge is 0.456 e. The van der Waals surface area contributed by atoms with Crippen LogP contribution in [-0.2, 0) is 21.7 Å². The van der Waals surface area contributed by atoms with Gasteiger partial charge in [-0.1, -0.05) is 186 Å². The van der Waals surface area contributed by atoms with Gasteiger partial charge in [0.2, 0.25) is 0 Å². The van der Waals surface area contributed by atoms with Crippen molar-refractivity contribution in [3.8, 4) is 22.6 Å². The summed E-state index contributed by atoms with van der Waals surface area (Å²) in [5.41, 5.74) is 22.7. The number of hydrogen-bond acceptors (Lipinski definition) is 5. The van der Waals surface area contributed by atoms with Gasteiger partial charge < -0.3 is 23.5 Å². The van der Waals surface area contributed by atoms with E-state index >= 15 is 0 Å². The van der Waals surface area contributed by atoms with Gasteiger partial charge in [-0.15, -0.1) is 0 Å². The summed E-state index contributed by atoms with van der Waals surface area (Å²) in [4.78, 5) is 7.59. The molecule has 0 amide bonds. The van der Waals surface area contributed by atoms with E-state index in [-0.39, 0.29) is 28.4 Å². The van der Waals surface area contributed by atoms with Crippen LogP contribution in [0.3, 0.4) is 0 Å². The first-order valence-electron chi connectivity index (χ1n) is 29.8. The van der Waals surface area contributed by atoms with Gasteiger partial charge in [0, 0.05) is 67.4 Å². The Morgan fingerprint density at radius 3 is 1.24 bits per heavy atom. The summed E-state index contributed by atoms with van der Waals surface area (Å²) in [6.45, 7) is 27.7. The second-order valence-corrected chi connectivity index (χ2v) is 27.6. The van der Waals surface area contributed by atoms with Gasteiger partial charge in [0.1, 0.15) is 22.7 Å². The lowest BCUT2D eigenvalue weighted by atomic mass is 9.33. The third-order valence-electron chi connectivity index (χ3n) is 17.7. The maximum Gasteiger partial charge on any atom is 0.252 e. The van der Waals surface area contributed by atoms with Gasteiger partial charge in [0.05, 0.1) is 5.69 Å². The Balaban J connectivity index is 1.04. The molecule has 12 aromatic rings. The van der Waals surface area contributed by atoms with E-state index in [4.69, 9.17) is 8.83 Å². The fraction of sp³-hybridized carbons (Fsp3) is 0.205. The molecule has 0 fully saturated rings. The molecular formula is C78H72BN3O2. The topological polar surface area (TPSA) is 36.0 Å². The highest BCUT2D eigenvalue weighted by Crippen LogP contribution is 2.50. The third-order valence-corrected chi connectivity index (χ3v) is 17.7. The zero-order chi connectivity index (χ0) is 58.2. The predicted molar refractivity (Wildman–Crippen MR) is 358 cm³/mol. The van der Waals surface area contributed by atoms with E-state index in [1.807, 2.05) is 24.3 Å². The van der Waals surface area contributed by atoms with E-state index in [0.29, 0.717) is 0 Å². The molecule has 0 atom stereocenters. The van der Waals surface area contributed by atoms with Gasteiger partial charge in [-0.25, -0.2) is 0 Å². The van der Waals surface area contributed by atoms with Crippen molar-refractivity contribution in [1.82, 2.24) is 0 Å². The molecule has 14 rings (SSSR count). The number of furan rings is 2. The lowest BCUT2D eigenvalue weighted by molar-refractivity contribution is 0.590. The van der Waals surface area contributed by atoms with Crippen molar-refractivity contribution >= 4 is 107 Å². The second kappa shape index (κ2) is 19.3. The molecule has 2 aliphatic rings. The number of para-hydroxylation sites is 2. The summed E-state index contributed by atoms with van der Waals surface area (Å²) in [6, 6.07) is 81.6. The Morgan fingerprint density at radius 2 is 0.738 bits per heavy atom. The molecule has 84 heavy (non-hydrogen) atoms. The van der Waals surface area contributed by atoms with Crippen LogP contribution in [-0.4, -0.2) is 6.71 Å². The standard InChI is InChI=1S/C78H72BN3O2/c1-75(2,3)55-26-35-59(36-27-55)80(62-34-25-50-41-54(22-21-51(50)42-62)73-44-53-18-14-16-20-71(53)84-73)63-47-68-74-69(48-63)82(61-37-28-56(29-38-61)76(4,5)6)67-40-31-58(78(10,11)12)46-65(67)79(74)64-45-57(77(7,8)9)30-39-66(64)81(68)60-32-23-49(24-33-60)72-43-52-17-13-15-19-70(52)83-72/h13-48H,1-12H3. The van der Waals surface area contributed by atoms with Crippen LogP contribution in [0.1, 0.15) is 105 Å². The van der Waals surface area contributed by atoms with Gasteiger partial charge in [0.25, 0.3) is 6.71 Å². The van der Waals surface area contributed by atoms with Crippen molar-refractivity contribution in [1.29, 1.82) is 0 Å². The highest BCUT2D eigenvalue weighted by atomic mass is 16.3. The predicted octanol–water partition coefficient (Wildman–Crippen LogP) is 20.4. The van der Waals surface area contributed by atoms with E-state index < -0.39 is 0 Å². The first-order valence-corrected chi connectivity index (χ1v) is 29.8. The van der Waals surface area contributed by atoms with E-state index in [2.05, 4.69) is 292 Å². The second-order valence-electron chi connectivity index (χ2n) is 27.6. The van der Waals surface area contributed by atoms with Crippen LogP contribution in [0.15, 0.2) is 227 Å². The molecule has 0 spiro atoms. The zero-order valence-electron chi connectivity index (χ0n) is 50.5. The number of benzene rings is 10. The van der Waals surface area contributed by atoms with Gasteiger partial charge in [0.15, 0.2) is 0 Å². The fourth-order valence-electron chi connectivity index (χ4n) is 12.8. The number of hydrogen-bond donors (Lipinski definition) is 0.